The van der Waals surface area contributed by atoms with Gasteiger partial charge in [-0.15, -0.1) is 0 Å². The van der Waals surface area contributed by atoms with E-state index >= 15 is 0 Å². The number of aliphatic hydroxyl groups excluding tert-OH is 1. The van der Waals surface area contributed by atoms with E-state index in [1.165, 1.54) is 12.1 Å². The number of hydrogen-bond acceptors (Lipinski definition) is 4. The average molecular weight is 249 g/mol. The van der Waals surface area contributed by atoms with E-state index in [4.69, 9.17) is 9.52 Å². The molecule has 0 saturated heterocycles. The van der Waals surface area contributed by atoms with E-state index < -0.39 is 12.1 Å². The smallest absolute Gasteiger partial charge is 0.337 e. The van der Waals surface area contributed by atoms with Gasteiger partial charge < -0.3 is 14.6 Å². The molecule has 18 heavy (non-hydrogen) atoms. The van der Waals surface area contributed by atoms with E-state index in [9.17, 15) is 9.90 Å². The topological polar surface area (TPSA) is 83.6 Å². The zero-order valence-corrected chi connectivity index (χ0v) is 10.5. The zero-order chi connectivity index (χ0) is 13.5. The summed E-state index contributed by atoms with van der Waals surface area (Å²) in [4.78, 5) is 15.0. The lowest BCUT2D eigenvalue weighted by molar-refractivity contribution is -0.146. The van der Waals surface area contributed by atoms with Crippen LogP contribution in [0.25, 0.3) is 11.1 Å². The van der Waals surface area contributed by atoms with Crippen molar-refractivity contribution in [2.75, 3.05) is 0 Å². The minimum absolute atomic E-state index is 0.218. The van der Waals surface area contributed by atoms with Crippen LogP contribution in [0.3, 0.4) is 0 Å². The van der Waals surface area contributed by atoms with Crippen molar-refractivity contribution in [2.24, 2.45) is 0 Å². The molecule has 1 atom stereocenters. The molecular weight excluding hydrogens is 234 g/mol. The maximum atomic E-state index is 10.7. The molecule has 2 aromatic rings. The van der Waals surface area contributed by atoms with Crippen molar-refractivity contribution in [3.05, 3.63) is 29.7 Å². The van der Waals surface area contributed by atoms with Gasteiger partial charge in [0.25, 0.3) is 0 Å². The number of nitrogens with zero attached hydrogens (tertiary/aromatic N) is 1. The first-order chi connectivity index (χ1) is 8.29. The number of carboxylic acids is 1. The van der Waals surface area contributed by atoms with Crippen LogP contribution in [0.2, 0.25) is 0 Å². The normalized spacial score (nSPS) is 13.8. The van der Waals surface area contributed by atoms with Gasteiger partial charge >= 0.3 is 5.97 Å². The summed E-state index contributed by atoms with van der Waals surface area (Å²) >= 11 is 0. The van der Waals surface area contributed by atoms with Gasteiger partial charge in [0.1, 0.15) is 5.52 Å². The maximum absolute atomic E-state index is 10.7. The predicted octanol–water partition coefficient (Wildman–Crippen LogP) is 2.24. The minimum atomic E-state index is -1.54. The second kappa shape index (κ2) is 4.10. The van der Waals surface area contributed by atoms with Crippen LogP contribution in [0.15, 0.2) is 22.6 Å². The van der Waals surface area contributed by atoms with Crippen LogP contribution in [0.4, 0.5) is 0 Å². The highest BCUT2D eigenvalue weighted by Gasteiger charge is 2.22. The van der Waals surface area contributed by atoms with E-state index in [0.29, 0.717) is 22.6 Å². The van der Waals surface area contributed by atoms with Gasteiger partial charge in [-0.25, -0.2) is 9.78 Å². The van der Waals surface area contributed by atoms with Crippen LogP contribution in [0.1, 0.15) is 38.3 Å². The van der Waals surface area contributed by atoms with E-state index in [-0.39, 0.29) is 5.41 Å². The Morgan fingerprint density at radius 1 is 1.39 bits per heavy atom. The molecule has 5 nitrogen and oxygen atoms in total. The van der Waals surface area contributed by atoms with Crippen LogP contribution >= 0.6 is 0 Å². The third-order valence-corrected chi connectivity index (χ3v) is 2.60. The molecular formula is C13H15NO4. The molecule has 0 fully saturated rings. The highest BCUT2D eigenvalue weighted by Crippen LogP contribution is 2.27. The fourth-order valence-corrected chi connectivity index (χ4v) is 1.58. The molecule has 0 bridgehead atoms. The molecule has 0 aliphatic carbocycles. The predicted molar refractivity (Wildman–Crippen MR) is 65.3 cm³/mol. The first-order valence-corrected chi connectivity index (χ1v) is 5.61. The lowest BCUT2D eigenvalue weighted by atomic mass is 9.97. The van der Waals surface area contributed by atoms with E-state index in [0.717, 1.165) is 0 Å². The standard InChI is InChI=1S/C13H15NO4/c1-13(2,3)12-14-8-6-7(10(15)11(16)17)4-5-9(8)18-12/h4-6,10,15H,1-3H3,(H,16,17). The van der Waals surface area contributed by atoms with Gasteiger partial charge in [0.15, 0.2) is 11.7 Å². The number of benzene rings is 1. The van der Waals surface area contributed by atoms with E-state index in [1.807, 2.05) is 20.8 Å². The Balaban J connectivity index is 2.49. The monoisotopic (exact) mass is 249 g/mol. The molecule has 1 heterocycles. The minimum Gasteiger partial charge on any atom is -0.479 e. The van der Waals surface area contributed by atoms with Crippen molar-refractivity contribution in [1.82, 2.24) is 4.98 Å². The fourth-order valence-electron chi connectivity index (χ4n) is 1.58. The highest BCUT2D eigenvalue weighted by molar-refractivity contribution is 5.78. The summed E-state index contributed by atoms with van der Waals surface area (Å²) in [6.07, 6.45) is -1.54. The first kappa shape index (κ1) is 12.6. The van der Waals surface area contributed by atoms with Crippen molar-refractivity contribution >= 4 is 17.1 Å². The number of aliphatic hydroxyl groups is 1. The number of oxazole rings is 1. The average Bonchev–Trinajstić information content (AvgIpc) is 2.69. The Bertz CT molecular complexity index is 595. The molecule has 0 spiro atoms. The molecule has 96 valence electrons. The molecule has 0 radical (unpaired) electrons. The van der Waals surface area contributed by atoms with Gasteiger partial charge in [-0.1, -0.05) is 26.8 Å². The number of fused-ring (bicyclic) bond motifs is 1. The number of carbonyl (C=O) groups is 1. The third kappa shape index (κ3) is 2.22. The summed E-state index contributed by atoms with van der Waals surface area (Å²) in [7, 11) is 0. The van der Waals surface area contributed by atoms with Crippen LogP contribution in [0.5, 0.6) is 0 Å². The Morgan fingerprint density at radius 3 is 2.61 bits per heavy atom. The SMILES string of the molecule is CC(C)(C)c1nc2cc(C(O)C(=O)O)ccc2o1. The van der Waals surface area contributed by atoms with E-state index in [2.05, 4.69) is 4.98 Å². The van der Waals surface area contributed by atoms with Crippen molar-refractivity contribution in [2.45, 2.75) is 32.3 Å². The molecule has 1 aromatic heterocycles. The van der Waals surface area contributed by atoms with Crippen LogP contribution in [-0.4, -0.2) is 21.2 Å². The maximum Gasteiger partial charge on any atom is 0.337 e. The summed E-state index contributed by atoms with van der Waals surface area (Å²) < 4.78 is 5.59. The Kier molecular flexibility index (Phi) is 2.86. The second-order valence-corrected chi connectivity index (χ2v) is 5.24. The largest absolute Gasteiger partial charge is 0.479 e. The molecule has 0 amide bonds. The number of aliphatic carboxylic acids is 1. The zero-order valence-electron chi connectivity index (χ0n) is 10.5. The molecule has 1 aromatic carbocycles. The first-order valence-electron chi connectivity index (χ1n) is 5.61. The molecule has 5 heteroatoms. The Morgan fingerprint density at radius 2 is 2.06 bits per heavy atom. The number of aromatic nitrogens is 1. The summed E-state index contributed by atoms with van der Waals surface area (Å²) in [6.45, 7) is 5.93. The second-order valence-electron chi connectivity index (χ2n) is 5.24. The molecule has 2 rings (SSSR count). The Hall–Kier alpha value is -1.88. The van der Waals surface area contributed by atoms with Gasteiger partial charge in [0, 0.05) is 5.41 Å². The van der Waals surface area contributed by atoms with Crippen LogP contribution in [-0.2, 0) is 10.2 Å². The van der Waals surface area contributed by atoms with Crippen LogP contribution < -0.4 is 0 Å². The van der Waals surface area contributed by atoms with Gasteiger partial charge in [0.2, 0.25) is 5.89 Å². The quantitative estimate of drug-likeness (QED) is 0.852. The molecule has 0 aliphatic heterocycles. The van der Waals surface area contributed by atoms with Gasteiger partial charge in [-0.3, -0.25) is 0 Å². The number of hydrogen-bond donors (Lipinski definition) is 2. The highest BCUT2D eigenvalue weighted by atomic mass is 16.4. The van der Waals surface area contributed by atoms with E-state index in [1.54, 1.807) is 6.07 Å². The van der Waals surface area contributed by atoms with Gasteiger partial charge in [-0.05, 0) is 17.7 Å². The van der Waals surface area contributed by atoms with Crippen molar-refractivity contribution in [3.63, 3.8) is 0 Å². The van der Waals surface area contributed by atoms with Crippen molar-refractivity contribution in [1.29, 1.82) is 0 Å². The fraction of sp³-hybridized carbons (Fsp3) is 0.385. The van der Waals surface area contributed by atoms with Gasteiger partial charge in [0.05, 0.1) is 0 Å². The molecule has 0 saturated carbocycles. The molecule has 2 N–H and O–H groups in total. The van der Waals surface area contributed by atoms with Crippen molar-refractivity contribution < 1.29 is 19.4 Å². The number of carboxylic acid groups (broad SMARTS) is 1. The third-order valence-electron chi connectivity index (χ3n) is 2.60. The lowest BCUT2D eigenvalue weighted by Gasteiger charge is -2.11. The summed E-state index contributed by atoms with van der Waals surface area (Å²) in [5, 5.41) is 18.2. The van der Waals surface area contributed by atoms with Crippen LogP contribution in [0, 0.1) is 0 Å². The summed E-state index contributed by atoms with van der Waals surface area (Å²) in [6, 6.07) is 4.69. The lowest BCUT2D eigenvalue weighted by Crippen LogP contribution is -2.11. The number of rotatable bonds is 2. The summed E-state index contributed by atoms with van der Waals surface area (Å²) in [5.41, 5.74) is 1.22. The Labute approximate surface area is 104 Å². The molecule has 0 aliphatic rings. The summed E-state index contributed by atoms with van der Waals surface area (Å²) in [5.74, 6) is -0.701. The van der Waals surface area contributed by atoms with Gasteiger partial charge in [-0.2, -0.15) is 0 Å². The molecule has 1 unspecified atom stereocenters. The van der Waals surface area contributed by atoms with Crippen molar-refractivity contribution in [3.8, 4) is 0 Å².